The number of nitrogens with zero attached hydrogens (tertiary/aromatic N) is 2. The van der Waals surface area contributed by atoms with Gasteiger partial charge in [-0.3, -0.25) is 9.59 Å². The average Bonchev–Trinajstić information content (AvgIpc) is 3.01. The second-order valence-corrected chi connectivity index (χ2v) is 7.42. The summed E-state index contributed by atoms with van der Waals surface area (Å²) >= 11 is 0. The number of rotatable bonds is 7. The maximum atomic E-state index is 14.2. The number of aliphatic hydroxyl groups excluding tert-OH is 1. The molecule has 1 amide bonds. The Hall–Kier alpha value is -3.39. The van der Waals surface area contributed by atoms with E-state index in [-0.39, 0.29) is 23.4 Å². The Kier molecular flexibility index (Phi) is 6.60. The number of methoxy groups -OCH3 is 2. The van der Waals surface area contributed by atoms with Crippen molar-refractivity contribution >= 4 is 17.4 Å². The van der Waals surface area contributed by atoms with Crippen LogP contribution in [0.1, 0.15) is 17.2 Å². The van der Waals surface area contributed by atoms with E-state index in [1.807, 2.05) is 19.0 Å². The molecule has 0 saturated carbocycles. The molecule has 0 unspecified atom stereocenters. The number of hydrogen-bond donors (Lipinski definition) is 1. The van der Waals surface area contributed by atoms with Crippen molar-refractivity contribution in [2.45, 2.75) is 6.04 Å². The number of aliphatic hydroxyl groups is 1. The summed E-state index contributed by atoms with van der Waals surface area (Å²) < 4.78 is 24.3. The summed E-state index contributed by atoms with van der Waals surface area (Å²) in [6.07, 6.45) is 0. The highest BCUT2D eigenvalue weighted by molar-refractivity contribution is 6.46. The molecule has 2 aromatic carbocycles. The summed E-state index contributed by atoms with van der Waals surface area (Å²) in [6.45, 7) is 0.804. The number of halogens is 1. The number of likely N-dealkylation sites (N-methyl/N-ethyl adjacent to an activating group) is 1. The molecule has 1 N–H and O–H groups in total. The summed E-state index contributed by atoms with van der Waals surface area (Å²) in [5.41, 5.74) is 0.634. The number of hydrogen-bond acceptors (Lipinski definition) is 6. The lowest BCUT2D eigenvalue weighted by Crippen LogP contribution is -2.35. The Morgan fingerprint density at radius 2 is 1.77 bits per heavy atom. The van der Waals surface area contributed by atoms with Crippen LogP contribution in [0.2, 0.25) is 0 Å². The van der Waals surface area contributed by atoms with E-state index < -0.39 is 29.3 Å². The van der Waals surface area contributed by atoms with Crippen molar-refractivity contribution < 1.29 is 28.6 Å². The van der Waals surface area contributed by atoms with Crippen LogP contribution in [0.3, 0.4) is 0 Å². The molecule has 1 heterocycles. The third-order valence-electron chi connectivity index (χ3n) is 5.18. The molecule has 0 radical (unpaired) electrons. The second kappa shape index (κ2) is 9.18. The highest BCUT2D eigenvalue weighted by Gasteiger charge is 2.45. The Labute approximate surface area is 180 Å². The highest BCUT2D eigenvalue weighted by atomic mass is 19.1. The van der Waals surface area contributed by atoms with Gasteiger partial charge in [-0.2, -0.15) is 0 Å². The summed E-state index contributed by atoms with van der Waals surface area (Å²) in [5.74, 6) is -2.02. The monoisotopic (exact) mass is 428 g/mol. The molecule has 2 aromatic rings. The molecule has 1 atom stereocenters. The van der Waals surface area contributed by atoms with Crippen molar-refractivity contribution in [1.82, 2.24) is 9.80 Å². The fourth-order valence-corrected chi connectivity index (χ4v) is 3.52. The van der Waals surface area contributed by atoms with Gasteiger partial charge in [0, 0.05) is 18.7 Å². The smallest absolute Gasteiger partial charge is 0.295 e. The standard InChI is InChI=1S/C23H25FN2O5/c1-25(2)11-12-26-20(14-5-8-16(30-3)9-6-14)19(22(28)23(26)29)21(27)15-7-10-18(31-4)17(24)13-15/h5-10,13,20,27H,11-12H2,1-4H3/b21-19+/t20-/m1/s1. The van der Waals surface area contributed by atoms with Gasteiger partial charge >= 0.3 is 0 Å². The van der Waals surface area contributed by atoms with Gasteiger partial charge in [0.15, 0.2) is 11.6 Å². The van der Waals surface area contributed by atoms with E-state index in [2.05, 4.69) is 0 Å². The molecule has 1 aliphatic heterocycles. The molecular weight excluding hydrogens is 403 g/mol. The van der Waals surface area contributed by atoms with E-state index in [9.17, 15) is 19.1 Å². The van der Waals surface area contributed by atoms with E-state index in [4.69, 9.17) is 9.47 Å². The molecular formula is C23H25FN2O5. The van der Waals surface area contributed by atoms with Crippen LogP contribution in [0.15, 0.2) is 48.0 Å². The zero-order valence-electron chi connectivity index (χ0n) is 17.9. The van der Waals surface area contributed by atoms with Crippen LogP contribution < -0.4 is 9.47 Å². The zero-order valence-corrected chi connectivity index (χ0v) is 17.9. The first-order chi connectivity index (χ1) is 14.8. The van der Waals surface area contributed by atoms with Gasteiger partial charge in [0.2, 0.25) is 0 Å². The minimum atomic E-state index is -0.812. The van der Waals surface area contributed by atoms with Crippen LogP contribution in [-0.4, -0.2) is 68.0 Å². The van der Waals surface area contributed by atoms with E-state index >= 15 is 0 Å². The van der Waals surface area contributed by atoms with Crippen LogP contribution in [0.25, 0.3) is 5.76 Å². The average molecular weight is 428 g/mol. The Balaban J connectivity index is 2.14. The van der Waals surface area contributed by atoms with Crippen molar-refractivity contribution in [3.63, 3.8) is 0 Å². The van der Waals surface area contributed by atoms with Crippen molar-refractivity contribution in [2.75, 3.05) is 41.4 Å². The number of ether oxygens (including phenoxy) is 2. The van der Waals surface area contributed by atoms with Crippen LogP contribution in [-0.2, 0) is 9.59 Å². The van der Waals surface area contributed by atoms with Crippen LogP contribution in [0.4, 0.5) is 4.39 Å². The zero-order chi connectivity index (χ0) is 22.7. The van der Waals surface area contributed by atoms with Crippen LogP contribution >= 0.6 is 0 Å². The maximum absolute atomic E-state index is 14.2. The lowest BCUT2D eigenvalue weighted by atomic mass is 9.95. The van der Waals surface area contributed by atoms with E-state index in [1.54, 1.807) is 24.3 Å². The first-order valence-corrected chi connectivity index (χ1v) is 9.69. The van der Waals surface area contributed by atoms with Crippen molar-refractivity contribution in [1.29, 1.82) is 0 Å². The number of carbonyl (C=O) groups excluding carboxylic acids is 2. The molecule has 1 aliphatic rings. The molecule has 7 nitrogen and oxygen atoms in total. The quantitative estimate of drug-likeness (QED) is 0.415. The maximum Gasteiger partial charge on any atom is 0.295 e. The molecule has 0 aromatic heterocycles. The molecule has 164 valence electrons. The highest BCUT2D eigenvalue weighted by Crippen LogP contribution is 2.40. The van der Waals surface area contributed by atoms with Gasteiger partial charge in [-0.25, -0.2) is 4.39 Å². The number of likely N-dealkylation sites (tertiary alicyclic amines) is 1. The molecule has 0 spiro atoms. The van der Waals surface area contributed by atoms with Crippen LogP contribution in [0.5, 0.6) is 11.5 Å². The van der Waals surface area contributed by atoms with Gasteiger partial charge in [0.05, 0.1) is 25.8 Å². The van der Waals surface area contributed by atoms with Gasteiger partial charge in [-0.15, -0.1) is 0 Å². The third kappa shape index (κ3) is 4.39. The topological polar surface area (TPSA) is 79.3 Å². The second-order valence-electron chi connectivity index (χ2n) is 7.42. The largest absolute Gasteiger partial charge is 0.507 e. The predicted octanol–water partition coefficient (Wildman–Crippen LogP) is 2.83. The molecule has 1 fully saturated rings. The van der Waals surface area contributed by atoms with E-state index in [0.717, 1.165) is 6.07 Å². The normalized spacial score (nSPS) is 18.0. The van der Waals surface area contributed by atoms with Gasteiger partial charge in [-0.05, 0) is 50.0 Å². The van der Waals surface area contributed by atoms with Crippen molar-refractivity contribution in [3.8, 4) is 11.5 Å². The SMILES string of the molecule is COc1ccc([C@@H]2/C(=C(\O)c3ccc(OC)c(F)c3)C(=O)C(=O)N2CCN(C)C)cc1. The van der Waals surface area contributed by atoms with Crippen molar-refractivity contribution in [2.24, 2.45) is 0 Å². The number of carbonyl (C=O) groups is 2. The summed E-state index contributed by atoms with van der Waals surface area (Å²) in [4.78, 5) is 29.1. The van der Waals surface area contributed by atoms with E-state index in [1.165, 1.54) is 31.3 Å². The number of benzene rings is 2. The molecule has 3 rings (SSSR count). The number of Topliss-reactive ketones (excluding diaryl/α,β-unsaturated/α-hetero) is 1. The molecule has 31 heavy (non-hydrogen) atoms. The minimum Gasteiger partial charge on any atom is -0.507 e. The fourth-order valence-electron chi connectivity index (χ4n) is 3.52. The van der Waals surface area contributed by atoms with E-state index in [0.29, 0.717) is 17.9 Å². The molecule has 1 saturated heterocycles. The Bertz CT molecular complexity index is 1020. The first-order valence-electron chi connectivity index (χ1n) is 9.69. The van der Waals surface area contributed by atoms with Gasteiger partial charge in [-0.1, -0.05) is 12.1 Å². The Morgan fingerprint density at radius 1 is 1.10 bits per heavy atom. The third-order valence-corrected chi connectivity index (χ3v) is 5.18. The Morgan fingerprint density at radius 3 is 2.32 bits per heavy atom. The van der Waals surface area contributed by atoms with Gasteiger partial charge in [0.25, 0.3) is 11.7 Å². The van der Waals surface area contributed by atoms with Crippen LogP contribution in [0, 0.1) is 5.82 Å². The van der Waals surface area contributed by atoms with Gasteiger partial charge in [0.1, 0.15) is 11.5 Å². The molecule has 0 bridgehead atoms. The van der Waals surface area contributed by atoms with Gasteiger partial charge < -0.3 is 24.4 Å². The lowest BCUT2D eigenvalue weighted by molar-refractivity contribution is -0.140. The minimum absolute atomic E-state index is 0.00897. The van der Waals surface area contributed by atoms with Crippen molar-refractivity contribution in [3.05, 3.63) is 65.0 Å². The summed E-state index contributed by atoms with van der Waals surface area (Å²) in [5, 5.41) is 11.0. The molecule has 8 heteroatoms. The first kappa shape index (κ1) is 22.3. The molecule has 0 aliphatic carbocycles. The number of amides is 1. The number of ketones is 1. The summed E-state index contributed by atoms with van der Waals surface area (Å²) in [7, 11) is 6.59. The fraction of sp³-hybridized carbons (Fsp3) is 0.304. The lowest BCUT2D eigenvalue weighted by Gasteiger charge is -2.26. The predicted molar refractivity (Wildman–Crippen MR) is 114 cm³/mol. The summed E-state index contributed by atoms with van der Waals surface area (Å²) in [6, 6.07) is 9.97.